The average Bonchev–Trinajstić information content (AvgIpc) is 3.02. The van der Waals surface area contributed by atoms with Gasteiger partial charge in [-0.25, -0.2) is 14.4 Å². The zero-order valence-corrected chi connectivity index (χ0v) is 26.9. The van der Waals surface area contributed by atoms with Crippen molar-refractivity contribution in [2.75, 3.05) is 5.32 Å². The molecular formula is C37H35NO9. The fraction of sp³-hybridized carbons (Fsp3) is 0.162. The molecule has 0 aliphatic rings. The van der Waals surface area contributed by atoms with Gasteiger partial charge >= 0.3 is 23.9 Å². The Kier molecular flexibility index (Phi) is 11.5. The van der Waals surface area contributed by atoms with Crippen LogP contribution in [0.1, 0.15) is 34.6 Å². The molecule has 3 rings (SSSR count). The van der Waals surface area contributed by atoms with Crippen LogP contribution in [0.5, 0.6) is 23.0 Å². The Morgan fingerprint density at radius 1 is 0.617 bits per heavy atom. The molecule has 0 fully saturated rings. The van der Waals surface area contributed by atoms with Crippen molar-refractivity contribution in [2.45, 2.75) is 34.6 Å². The quantitative estimate of drug-likeness (QED) is 0.125. The van der Waals surface area contributed by atoms with E-state index in [4.69, 9.17) is 18.9 Å². The van der Waals surface area contributed by atoms with Crippen molar-refractivity contribution in [3.05, 3.63) is 104 Å². The molecule has 1 N–H and O–H groups in total. The lowest BCUT2D eigenvalue weighted by molar-refractivity contribution is -0.138. The summed E-state index contributed by atoms with van der Waals surface area (Å²) in [7, 11) is 0. The molecule has 0 saturated carbocycles. The van der Waals surface area contributed by atoms with Crippen LogP contribution < -0.4 is 24.3 Å². The molecule has 0 aromatic heterocycles. The maximum atomic E-state index is 12.5. The fourth-order valence-corrected chi connectivity index (χ4v) is 3.74. The van der Waals surface area contributed by atoms with Crippen LogP contribution in [0.4, 0.5) is 5.69 Å². The molecule has 10 nitrogen and oxygen atoms in total. The summed E-state index contributed by atoms with van der Waals surface area (Å²) in [5.41, 5.74) is 2.88. The van der Waals surface area contributed by atoms with Crippen LogP contribution in [0.2, 0.25) is 0 Å². The second kappa shape index (κ2) is 15.3. The maximum Gasteiger partial charge on any atom is 0.338 e. The van der Waals surface area contributed by atoms with E-state index in [1.54, 1.807) is 44.2 Å². The third kappa shape index (κ3) is 9.24. The molecule has 0 aliphatic heterocycles. The topological polar surface area (TPSA) is 134 Å². The first-order chi connectivity index (χ1) is 22.1. The van der Waals surface area contributed by atoms with E-state index in [1.165, 1.54) is 45.0 Å². The standard InChI is InChI=1S/C37H35NO9/c1-10-33(39)38-28-17-24(25-12-15-29(44-34(40)20(2)3)31(18-25)46-36(42)22(6)7)11-14-27(28)26-13-16-30(45-35(41)21(4)5)32(19-26)47-37(43)23(8)9/h10-19,21H,1-2,6,8H2,3-5,7,9H3,(H,38,39). The van der Waals surface area contributed by atoms with E-state index in [1.807, 2.05) is 0 Å². The molecule has 3 aromatic rings. The normalized spacial score (nSPS) is 10.3. The largest absolute Gasteiger partial charge is 0.422 e. The van der Waals surface area contributed by atoms with Crippen molar-refractivity contribution >= 4 is 35.5 Å². The zero-order valence-electron chi connectivity index (χ0n) is 26.9. The number of carbonyl (C=O) groups is 5. The highest BCUT2D eigenvalue weighted by atomic mass is 16.6. The van der Waals surface area contributed by atoms with Crippen LogP contribution in [0.25, 0.3) is 22.3 Å². The molecule has 1 amide bonds. The van der Waals surface area contributed by atoms with Gasteiger partial charge in [-0.1, -0.05) is 64.4 Å². The van der Waals surface area contributed by atoms with Crippen molar-refractivity contribution in [2.24, 2.45) is 5.92 Å². The summed E-state index contributed by atoms with van der Waals surface area (Å²) in [6.07, 6.45) is 1.10. The third-order valence-electron chi connectivity index (χ3n) is 6.33. The molecule has 10 heteroatoms. The van der Waals surface area contributed by atoms with E-state index < -0.39 is 35.7 Å². The average molecular weight is 638 g/mol. The minimum Gasteiger partial charge on any atom is -0.422 e. The Morgan fingerprint density at radius 3 is 1.53 bits per heavy atom. The lowest BCUT2D eigenvalue weighted by atomic mass is 9.97. The van der Waals surface area contributed by atoms with Crippen LogP contribution in [0.15, 0.2) is 104 Å². The maximum absolute atomic E-state index is 12.5. The van der Waals surface area contributed by atoms with Gasteiger partial charge in [-0.05, 0) is 73.9 Å². The van der Waals surface area contributed by atoms with Gasteiger partial charge in [-0.15, -0.1) is 0 Å². The van der Waals surface area contributed by atoms with E-state index in [0.717, 1.165) is 6.08 Å². The number of carbonyl (C=O) groups excluding carboxylic acids is 5. The molecule has 0 saturated heterocycles. The number of nitrogens with one attached hydrogen (secondary N) is 1. The van der Waals surface area contributed by atoms with Crippen LogP contribution >= 0.6 is 0 Å². The molecule has 0 spiro atoms. The van der Waals surface area contributed by atoms with E-state index in [0.29, 0.717) is 27.9 Å². The van der Waals surface area contributed by atoms with E-state index in [2.05, 4.69) is 31.6 Å². The van der Waals surface area contributed by atoms with Gasteiger partial charge in [0.1, 0.15) is 0 Å². The highest BCUT2D eigenvalue weighted by Gasteiger charge is 2.20. The molecule has 0 bridgehead atoms. The Bertz CT molecular complexity index is 1830. The van der Waals surface area contributed by atoms with Crippen LogP contribution in [-0.2, 0) is 24.0 Å². The van der Waals surface area contributed by atoms with Crippen molar-refractivity contribution in [1.29, 1.82) is 0 Å². The molecule has 0 aliphatic carbocycles. The summed E-state index contributed by atoms with van der Waals surface area (Å²) in [5.74, 6) is -3.68. The van der Waals surface area contributed by atoms with Crippen LogP contribution in [0, 0.1) is 5.92 Å². The Hall–Kier alpha value is -6.03. The summed E-state index contributed by atoms with van der Waals surface area (Å²) < 4.78 is 21.8. The van der Waals surface area contributed by atoms with Gasteiger partial charge in [-0.2, -0.15) is 0 Å². The predicted octanol–water partition coefficient (Wildman–Crippen LogP) is 7.15. The number of hydrogen-bond donors (Lipinski definition) is 1. The lowest BCUT2D eigenvalue weighted by Crippen LogP contribution is -2.16. The number of ether oxygens (including phenoxy) is 4. The van der Waals surface area contributed by atoms with Crippen molar-refractivity contribution in [3.63, 3.8) is 0 Å². The van der Waals surface area contributed by atoms with E-state index in [-0.39, 0.29) is 39.7 Å². The molecular weight excluding hydrogens is 602 g/mol. The Balaban J connectivity index is 2.17. The van der Waals surface area contributed by atoms with E-state index in [9.17, 15) is 24.0 Å². The predicted molar refractivity (Wildman–Crippen MR) is 178 cm³/mol. The minimum atomic E-state index is -0.727. The summed E-state index contributed by atoms with van der Waals surface area (Å²) in [4.78, 5) is 61.9. The van der Waals surface area contributed by atoms with Crippen molar-refractivity contribution in [3.8, 4) is 45.3 Å². The van der Waals surface area contributed by atoms with Gasteiger partial charge in [0.15, 0.2) is 23.0 Å². The highest BCUT2D eigenvalue weighted by Crippen LogP contribution is 2.40. The number of benzene rings is 3. The summed E-state index contributed by atoms with van der Waals surface area (Å²) in [5, 5.41) is 2.78. The highest BCUT2D eigenvalue weighted by molar-refractivity contribution is 6.03. The van der Waals surface area contributed by atoms with Gasteiger partial charge in [0.2, 0.25) is 5.91 Å². The van der Waals surface area contributed by atoms with Gasteiger partial charge in [0, 0.05) is 28.0 Å². The Labute approximate surface area is 273 Å². The van der Waals surface area contributed by atoms with Gasteiger partial charge in [0.05, 0.1) is 5.92 Å². The minimum absolute atomic E-state index is 0.0109. The summed E-state index contributed by atoms with van der Waals surface area (Å²) in [6, 6.07) is 14.4. The van der Waals surface area contributed by atoms with Crippen molar-refractivity contribution < 1.29 is 42.9 Å². The molecule has 0 unspecified atom stereocenters. The van der Waals surface area contributed by atoms with Gasteiger partial charge in [0.25, 0.3) is 0 Å². The number of rotatable bonds is 12. The number of anilines is 1. The molecule has 0 heterocycles. The second-order valence-corrected chi connectivity index (χ2v) is 10.9. The first-order valence-electron chi connectivity index (χ1n) is 14.3. The SMILES string of the molecule is C=CC(=O)Nc1cc(-c2ccc(OC(=O)C(=C)C)c(OC(=O)C(=C)C)c2)ccc1-c1ccc(OC(=O)C(C)C)c(OC(=O)C(=C)C)c1. The number of esters is 4. The summed E-state index contributed by atoms with van der Waals surface area (Å²) in [6.45, 7) is 22.1. The fourth-order valence-electron chi connectivity index (χ4n) is 3.74. The molecule has 0 atom stereocenters. The first-order valence-corrected chi connectivity index (χ1v) is 14.3. The van der Waals surface area contributed by atoms with Gasteiger partial charge < -0.3 is 24.3 Å². The zero-order chi connectivity index (χ0) is 35.0. The molecule has 0 radical (unpaired) electrons. The lowest BCUT2D eigenvalue weighted by Gasteiger charge is -2.17. The Morgan fingerprint density at radius 2 is 1.04 bits per heavy atom. The first kappa shape index (κ1) is 35.4. The number of hydrogen-bond acceptors (Lipinski definition) is 9. The smallest absolute Gasteiger partial charge is 0.338 e. The monoisotopic (exact) mass is 637 g/mol. The molecule has 242 valence electrons. The van der Waals surface area contributed by atoms with Crippen LogP contribution in [-0.4, -0.2) is 29.8 Å². The van der Waals surface area contributed by atoms with Crippen LogP contribution in [0.3, 0.4) is 0 Å². The van der Waals surface area contributed by atoms with Crippen molar-refractivity contribution in [1.82, 2.24) is 0 Å². The number of amides is 1. The molecule has 3 aromatic carbocycles. The molecule has 47 heavy (non-hydrogen) atoms. The third-order valence-corrected chi connectivity index (χ3v) is 6.33. The van der Waals surface area contributed by atoms with E-state index >= 15 is 0 Å². The summed E-state index contributed by atoms with van der Waals surface area (Å²) >= 11 is 0. The van der Waals surface area contributed by atoms with Gasteiger partial charge in [-0.3, -0.25) is 9.59 Å². The second-order valence-electron chi connectivity index (χ2n) is 10.9.